The van der Waals surface area contributed by atoms with Gasteiger partial charge in [-0.1, -0.05) is 62.9 Å². The van der Waals surface area contributed by atoms with Crippen molar-refractivity contribution in [2.75, 3.05) is 13.1 Å². The number of hydrogen-bond donors (Lipinski definition) is 3. The van der Waals surface area contributed by atoms with E-state index in [4.69, 9.17) is 5.73 Å². The molecule has 0 fully saturated rings. The summed E-state index contributed by atoms with van der Waals surface area (Å²) in [6.45, 7) is 3.52. The van der Waals surface area contributed by atoms with E-state index in [9.17, 15) is 9.59 Å². The number of carbonyl (C=O) groups excluding carboxylic acids is 2. The number of hydrogen-bond acceptors (Lipinski definition) is 3. The number of amides is 2. The summed E-state index contributed by atoms with van der Waals surface area (Å²) < 4.78 is 0. The summed E-state index contributed by atoms with van der Waals surface area (Å²) in [5.41, 5.74) is 6.56. The lowest BCUT2D eigenvalue weighted by Gasteiger charge is -2.18. The van der Waals surface area contributed by atoms with E-state index in [1.807, 2.05) is 18.2 Å². The number of benzene rings is 1. The first-order chi connectivity index (χ1) is 12.1. The van der Waals surface area contributed by atoms with E-state index >= 15 is 0 Å². The van der Waals surface area contributed by atoms with Gasteiger partial charge in [-0.15, -0.1) is 0 Å². The summed E-state index contributed by atoms with van der Waals surface area (Å²) in [5, 5.41) is 6.24. The van der Waals surface area contributed by atoms with Crippen molar-refractivity contribution < 1.29 is 9.59 Å². The Morgan fingerprint density at radius 3 is 2.48 bits per heavy atom. The van der Waals surface area contributed by atoms with Crippen LogP contribution in [0.5, 0.6) is 0 Å². The predicted octanol–water partition coefficient (Wildman–Crippen LogP) is 2.54. The van der Waals surface area contributed by atoms with Crippen LogP contribution >= 0.6 is 0 Å². The SMILES string of the molecule is CCCCCCCC(=O)NC(CNCCc1ccccc1)CC(N)=O. The van der Waals surface area contributed by atoms with Crippen molar-refractivity contribution in [3.05, 3.63) is 35.9 Å². The molecule has 0 saturated carbocycles. The Kier molecular flexibility index (Phi) is 11.4. The van der Waals surface area contributed by atoms with Crippen LogP contribution in [0.15, 0.2) is 30.3 Å². The molecule has 1 aromatic rings. The molecule has 1 atom stereocenters. The number of nitrogens with two attached hydrogens (primary N) is 1. The Labute approximate surface area is 151 Å². The molecule has 0 spiro atoms. The largest absolute Gasteiger partial charge is 0.370 e. The lowest BCUT2D eigenvalue weighted by Crippen LogP contribution is -2.44. The van der Waals surface area contributed by atoms with Crippen molar-refractivity contribution >= 4 is 11.8 Å². The second-order valence-electron chi connectivity index (χ2n) is 6.54. The predicted molar refractivity (Wildman–Crippen MR) is 102 cm³/mol. The molecule has 140 valence electrons. The summed E-state index contributed by atoms with van der Waals surface area (Å²) in [6, 6.07) is 9.97. The molecule has 0 saturated heterocycles. The molecule has 0 aromatic heterocycles. The zero-order valence-corrected chi connectivity index (χ0v) is 15.4. The highest BCUT2D eigenvalue weighted by molar-refractivity contribution is 5.78. The molecule has 0 aliphatic carbocycles. The van der Waals surface area contributed by atoms with E-state index in [1.165, 1.54) is 24.8 Å². The van der Waals surface area contributed by atoms with Crippen LogP contribution in [-0.2, 0) is 16.0 Å². The van der Waals surface area contributed by atoms with Crippen molar-refractivity contribution in [1.82, 2.24) is 10.6 Å². The fraction of sp³-hybridized carbons (Fsp3) is 0.600. The van der Waals surface area contributed by atoms with Crippen molar-refractivity contribution in [1.29, 1.82) is 0 Å². The van der Waals surface area contributed by atoms with Crippen molar-refractivity contribution in [2.45, 2.75) is 64.3 Å². The third-order valence-electron chi connectivity index (χ3n) is 4.14. The topological polar surface area (TPSA) is 84.2 Å². The van der Waals surface area contributed by atoms with Crippen LogP contribution in [0, 0.1) is 0 Å². The van der Waals surface area contributed by atoms with E-state index in [0.717, 1.165) is 25.8 Å². The highest BCUT2D eigenvalue weighted by atomic mass is 16.2. The summed E-state index contributed by atoms with van der Waals surface area (Å²) in [5.74, 6) is -0.384. The molecular weight excluding hydrogens is 314 g/mol. The maximum Gasteiger partial charge on any atom is 0.220 e. The molecule has 5 heteroatoms. The van der Waals surface area contributed by atoms with Crippen LogP contribution in [0.1, 0.15) is 57.4 Å². The molecule has 1 rings (SSSR count). The molecule has 5 nitrogen and oxygen atoms in total. The molecule has 0 bridgehead atoms. The Bertz CT molecular complexity index is 491. The van der Waals surface area contributed by atoms with Gasteiger partial charge in [0.05, 0.1) is 0 Å². The summed E-state index contributed by atoms with van der Waals surface area (Å²) >= 11 is 0. The van der Waals surface area contributed by atoms with Gasteiger partial charge in [-0.25, -0.2) is 0 Å². The Hall–Kier alpha value is -1.88. The van der Waals surface area contributed by atoms with Gasteiger partial charge in [0.15, 0.2) is 0 Å². The zero-order valence-electron chi connectivity index (χ0n) is 15.4. The van der Waals surface area contributed by atoms with Crippen LogP contribution in [0.2, 0.25) is 0 Å². The Morgan fingerprint density at radius 1 is 1.08 bits per heavy atom. The molecule has 1 aromatic carbocycles. The first-order valence-corrected chi connectivity index (χ1v) is 9.44. The van der Waals surface area contributed by atoms with E-state index < -0.39 is 5.91 Å². The van der Waals surface area contributed by atoms with E-state index in [1.54, 1.807) is 0 Å². The maximum atomic E-state index is 12.0. The highest BCUT2D eigenvalue weighted by Gasteiger charge is 2.14. The van der Waals surface area contributed by atoms with Crippen molar-refractivity contribution in [3.8, 4) is 0 Å². The summed E-state index contributed by atoms with van der Waals surface area (Å²) in [4.78, 5) is 23.3. The third-order valence-corrected chi connectivity index (χ3v) is 4.14. The fourth-order valence-corrected chi connectivity index (χ4v) is 2.76. The van der Waals surface area contributed by atoms with E-state index in [-0.39, 0.29) is 18.4 Å². The molecule has 4 N–H and O–H groups in total. The van der Waals surface area contributed by atoms with Gasteiger partial charge in [0, 0.05) is 25.4 Å². The van der Waals surface area contributed by atoms with Gasteiger partial charge in [0.2, 0.25) is 11.8 Å². The van der Waals surface area contributed by atoms with E-state index in [0.29, 0.717) is 13.0 Å². The molecule has 0 radical (unpaired) electrons. The zero-order chi connectivity index (χ0) is 18.3. The van der Waals surface area contributed by atoms with Gasteiger partial charge < -0.3 is 16.4 Å². The molecule has 2 amide bonds. The lowest BCUT2D eigenvalue weighted by atomic mass is 10.1. The van der Waals surface area contributed by atoms with Gasteiger partial charge in [0.1, 0.15) is 0 Å². The molecule has 0 aliphatic rings. The van der Waals surface area contributed by atoms with Gasteiger partial charge >= 0.3 is 0 Å². The van der Waals surface area contributed by atoms with Gasteiger partial charge in [-0.2, -0.15) is 0 Å². The van der Waals surface area contributed by atoms with Crippen LogP contribution in [0.25, 0.3) is 0 Å². The number of primary amides is 1. The summed E-state index contributed by atoms with van der Waals surface area (Å²) in [7, 11) is 0. The number of carbonyl (C=O) groups is 2. The van der Waals surface area contributed by atoms with Crippen molar-refractivity contribution in [3.63, 3.8) is 0 Å². The van der Waals surface area contributed by atoms with Crippen LogP contribution < -0.4 is 16.4 Å². The van der Waals surface area contributed by atoms with Crippen molar-refractivity contribution in [2.24, 2.45) is 5.73 Å². The van der Waals surface area contributed by atoms with Crippen LogP contribution in [0.4, 0.5) is 0 Å². The second kappa shape index (κ2) is 13.4. The molecule has 25 heavy (non-hydrogen) atoms. The first-order valence-electron chi connectivity index (χ1n) is 9.44. The second-order valence-corrected chi connectivity index (χ2v) is 6.54. The van der Waals surface area contributed by atoms with E-state index in [2.05, 4.69) is 29.7 Å². The maximum absolute atomic E-state index is 12.0. The van der Waals surface area contributed by atoms with Gasteiger partial charge in [0.25, 0.3) is 0 Å². The molecular formula is C20H33N3O2. The minimum Gasteiger partial charge on any atom is -0.370 e. The normalized spacial score (nSPS) is 11.9. The molecule has 0 aliphatic heterocycles. The molecule has 0 heterocycles. The average Bonchev–Trinajstić information content (AvgIpc) is 2.59. The third kappa shape index (κ3) is 11.3. The highest BCUT2D eigenvalue weighted by Crippen LogP contribution is 2.05. The first kappa shape index (κ1) is 21.2. The lowest BCUT2D eigenvalue weighted by molar-refractivity contribution is -0.122. The van der Waals surface area contributed by atoms with Gasteiger partial charge in [-0.3, -0.25) is 9.59 Å². The Balaban J connectivity index is 2.25. The van der Waals surface area contributed by atoms with Crippen LogP contribution in [-0.4, -0.2) is 30.9 Å². The Morgan fingerprint density at radius 2 is 1.80 bits per heavy atom. The number of rotatable bonds is 14. The fourth-order valence-electron chi connectivity index (χ4n) is 2.76. The minimum atomic E-state index is -0.391. The monoisotopic (exact) mass is 347 g/mol. The number of unbranched alkanes of at least 4 members (excludes halogenated alkanes) is 4. The smallest absolute Gasteiger partial charge is 0.220 e. The standard InChI is InChI=1S/C20H33N3O2/c1-2-3-4-5-9-12-20(25)23-18(15-19(21)24)16-22-14-13-17-10-7-6-8-11-17/h6-8,10-11,18,22H,2-5,9,12-16H2,1H3,(H2,21,24)(H,23,25). The molecule has 1 unspecified atom stereocenters. The average molecular weight is 348 g/mol. The van der Waals surface area contributed by atoms with Crippen LogP contribution in [0.3, 0.4) is 0 Å². The van der Waals surface area contributed by atoms with Gasteiger partial charge in [-0.05, 0) is 24.9 Å². The minimum absolute atomic E-state index is 0.00704. The quantitative estimate of drug-likeness (QED) is 0.452. The number of nitrogens with one attached hydrogen (secondary N) is 2. The summed E-state index contributed by atoms with van der Waals surface area (Å²) in [6.07, 6.45) is 7.17.